The summed E-state index contributed by atoms with van der Waals surface area (Å²) in [5, 5.41) is 3.29. The first-order chi connectivity index (χ1) is 5.59. The van der Waals surface area contributed by atoms with Gasteiger partial charge in [0.2, 0.25) is 0 Å². The van der Waals surface area contributed by atoms with Gasteiger partial charge in [-0.1, -0.05) is 27.7 Å². The molecule has 0 radical (unpaired) electrons. The summed E-state index contributed by atoms with van der Waals surface area (Å²) in [5.41, 5.74) is 11.4. The molecule has 0 fully saturated rings. The molecule has 0 bridgehead atoms. The molecule has 0 aliphatic carbocycles. The van der Waals surface area contributed by atoms with E-state index in [9.17, 15) is 0 Å². The van der Waals surface area contributed by atoms with Gasteiger partial charge in [-0.3, -0.25) is 5.32 Å². The van der Waals surface area contributed by atoms with Gasteiger partial charge < -0.3 is 11.5 Å². The molecule has 0 aliphatic heterocycles. The zero-order valence-corrected chi connectivity index (χ0v) is 9.81. The Morgan fingerprint density at radius 1 is 0.846 bits per heavy atom. The Morgan fingerprint density at radius 2 is 1.08 bits per heavy atom. The monoisotopic (exact) mass is 187 g/mol. The highest BCUT2D eigenvalue weighted by Gasteiger charge is 2.32. The number of nitrogens with one attached hydrogen (secondary N) is 1. The van der Waals surface area contributed by atoms with Crippen molar-refractivity contribution in [1.82, 2.24) is 5.32 Å². The minimum atomic E-state index is -0.409. The highest BCUT2D eigenvalue weighted by atomic mass is 15.2. The second-order valence-corrected chi connectivity index (χ2v) is 5.00. The fourth-order valence-electron chi connectivity index (χ4n) is 0.869. The van der Waals surface area contributed by atoms with E-state index in [1.807, 2.05) is 13.8 Å². The van der Waals surface area contributed by atoms with Crippen LogP contribution in [0.1, 0.15) is 41.5 Å². The van der Waals surface area contributed by atoms with Gasteiger partial charge in [-0.05, 0) is 25.7 Å². The van der Waals surface area contributed by atoms with E-state index >= 15 is 0 Å². The summed E-state index contributed by atoms with van der Waals surface area (Å²) < 4.78 is 0. The minimum absolute atomic E-state index is 0.356. The molecular formula is C10H25N3. The van der Waals surface area contributed by atoms with E-state index in [2.05, 4.69) is 33.0 Å². The van der Waals surface area contributed by atoms with Gasteiger partial charge in [-0.15, -0.1) is 0 Å². The van der Waals surface area contributed by atoms with Crippen molar-refractivity contribution in [3.8, 4) is 0 Å². The zero-order valence-electron chi connectivity index (χ0n) is 9.81. The molecule has 3 heteroatoms. The molecule has 2 atom stereocenters. The predicted molar refractivity (Wildman–Crippen MR) is 58.0 cm³/mol. The predicted octanol–water partition coefficient (Wildman–Crippen LogP) is 1.24. The third kappa shape index (κ3) is 3.63. The van der Waals surface area contributed by atoms with Gasteiger partial charge in [0.1, 0.15) is 0 Å². The van der Waals surface area contributed by atoms with Crippen molar-refractivity contribution >= 4 is 0 Å². The van der Waals surface area contributed by atoms with E-state index < -0.39 is 11.3 Å². The van der Waals surface area contributed by atoms with Crippen LogP contribution in [0.3, 0.4) is 0 Å². The van der Waals surface area contributed by atoms with Crippen molar-refractivity contribution in [2.75, 3.05) is 0 Å². The maximum atomic E-state index is 6.09. The van der Waals surface area contributed by atoms with Crippen molar-refractivity contribution in [1.29, 1.82) is 0 Å². The smallest absolute Gasteiger partial charge is 0.0670 e. The Kier molecular flexibility index (Phi) is 3.91. The molecular weight excluding hydrogens is 162 g/mol. The maximum absolute atomic E-state index is 6.09. The lowest BCUT2D eigenvalue weighted by Crippen LogP contribution is -2.68. The Hall–Kier alpha value is -0.120. The zero-order chi connectivity index (χ0) is 10.9. The average molecular weight is 187 g/mol. The van der Waals surface area contributed by atoms with Crippen molar-refractivity contribution in [3.63, 3.8) is 0 Å². The summed E-state index contributed by atoms with van der Waals surface area (Å²) >= 11 is 0. The minimum Gasteiger partial charge on any atom is -0.313 e. The van der Waals surface area contributed by atoms with E-state index in [0.717, 1.165) is 0 Å². The fraction of sp³-hybridized carbons (Fsp3) is 1.00. The second-order valence-electron chi connectivity index (χ2n) is 5.00. The lowest BCUT2D eigenvalue weighted by molar-refractivity contribution is 0.150. The summed E-state index contributed by atoms with van der Waals surface area (Å²) in [6, 6.07) is 0. The third-order valence-corrected chi connectivity index (χ3v) is 2.94. The summed E-state index contributed by atoms with van der Waals surface area (Å²) in [6.45, 7) is 12.3. The van der Waals surface area contributed by atoms with Crippen LogP contribution >= 0.6 is 0 Å². The van der Waals surface area contributed by atoms with Gasteiger partial charge in [-0.2, -0.15) is 0 Å². The van der Waals surface area contributed by atoms with Gasteiger partial charge in [0.15, 0.2) is 0 Å². The molecule has 2 unspecified atom stereocenters. The highest BCUT2D eigenvalue weighted by molar-refractivity contribution is 4.89. The highest BCUT2D eigenvalue weighted by Crippen LogP contribution is 2.17. The molecule has 0 amide bonds. The summed E-state index contributed by atoms with van der Waals surface area (Å²) in [7, 11) is 0. The lowest BCUT2D eigenvalue weighted by atomic mass is 9.92. The van der Waals surface area contributed by atoms with Gasteiger partial charge in [0, 0.05) is 0 Å². The standard InChI is InChI=1S/C10H25N3/c1-7(2)9(5,11)13-10(6,12)8(3)4/h7-8,13H,11-12H2,1-6H3. The van der Waals surface area contributed by atoms with Crippen molar-refractivity contribution < 1.29 is 0 Å². The molecule has 0 aromatic heterocycles. The number of hydrogen-bond acceptors (Lipinski definition) is 3. The van der Waals surface area contributed by atoms with E-state index in [0.29, 0.717) is 11.8 Å². The van der Waals surface area contributed by atoms with E-state index in [-0.39, 0.29) is 0 Å². The molecule has 0 saturated carbocycles. The number of hydrogen-bond donors (Lipinski definition) is 3. The molecule has 0 rings (SSSR count). The van der Waals surface area contributed by atoms with Crippen LogP contribution < -0.4 is 16.8 Å². The largest absolute Gasteiger partial charge is 0.313 e. The fourth-order valence-corrected chi connectivity index (χ4v) is 0.869. The normalized spacial score (nSPS) is 21.7. The lowest BCUT2D eigenvalue weighted by Gasteiger charge is -2.41. The molecule has 0 aromatic carbocycles. The van der Waals surface area contributed by atoms with Gasteiger partial charge in [0.25, 0.3) is 0 Å². The van der Waals surface area contributed by atoms with E-state index in [1.165, 1.54) is 0 Å². The molecule has 0 aliphatic rings. The first-order valence-corrected chi connectivity index (χ1v) is 4.96. The maximum Gasteiger partial charge on any atom is 0.0670 e. The van der Waals surface area contributed by atoms with Gasteiger partial charge in [0.05, 0.1) is 11.3 Å². The number of rotatable bonds is 4. The van der Waals surface area contributed by atoms with Crippen LogP contribution in [0, 0.1) is 11.8 Å². The summed E-state index contributed by atoms with van der Waals surface area (Å²) in [4.78, 5) is 0. The molecule has 3 nitrogen and oxygen atoms in total. The Bertz CT molecular complexity index is 142. The molecule has 0 saturated heterocycles. The summed E-state index contributed by atoms with van der Waals surface area (Å²) in [6.07, 6.45) is 0. The van der Waals surface area contributed by atoms with Crippen LogP contribution in [0.4, 0.5) is 0 Å². The molecule has 13 heavy (non-hydrogen) atoms. The topological polar surface area (TPSA) is 64.1 Å². The van der Waals surface area contributed by atoms with Gasteiger partial charge in [-0.25, -0.2) is 0 Å². The molecule has 80 valence electrons. The van der Waals surface area contributed by atoms with E-state index in [4.69, 9.17) is 11.5 Å². The Balaban J connectivity index is 4.42. The van der Waals surface area contributed by atoms with Crippen LogP contribution in [0.2, 0.25) is 0 Å². The molecule has 0 heterocycles. The number of nitrogens with two attached hydrogens (primary N) is 2. The van der Waals surface area contributed by atoms with Crippen LogP contribution in [0.15, 0.2) is 0 Å². The summed E-state index contributed by atoms with van der Waals surface area (Å²) in [5.74, 6) is 0.711. The first kappa shape index (κ1) is 12.9. The first-order valence-electron chi connectivity index (χ1n) is 4.96. The van der Waals surface area contributed by atoms with Crippen LogP contribution in [-0.4, -0.2) is 11.3 Å². The van der Waals surface area contributed by atoms with Crippen LogP contribution in [0.25, 0.3) is 0 Å². The Morgan fingerprint density at radius 3 is 1.23 bits per heavy atom. The van der Waals surface area contributed by atoms with Crippen molar-refractivity contribution in [2.45, 2.75) is 52.9 Å². The Labute approximate surface area is 82.3 Å². The molecule has 0 spiro atoms. The van der Waals surface area contributed by atoms with Crippen molar-refractivity contribution in [2.24, 2.45) is 23.3 Å². The quantitative estimate of drug-likeness (QED) is 0.580. The second kappa shape index (κ2) is 3.95. The SMILES string of the molecule is CC(C)C(C)(N)NC(C)(N)C(C)C. The molecule has 5 N–H and O–H groups in total. The average Bonchev–Trinajstić information content (AvgIpc) is 1.83. The van der Waals surface area contributed by atoms with Crippen LogP contribution in [0.5, 0.6) is 0 Å². The van der Waals surface area contributed by atoms with Crippen molar-refractivity contribution in [3.05, 3.63) is 0 Å². The van der Waals surface area contributed by atoms with Gasteiger partial charge >= 0.3 is 0 Å². The third-order valence-electron chi connectivity index (χ3n) is 2.94. The van der Waals surface area contributed by atoms with E-state index in [1.54, 1.807) is 0 Å². The molecule has 0 aromatic rings. The van der Waals surface area contributed by atoms with Crippen LogP contribution in [-0.2, 0) is 0 Å².